The highest BCUT2D eigenvalue weighted by molar-refractivity contribution is 5.86. The fraction of sp³-hybridized carbons (Fsp3) is 0.421. The molecule has 0 saturated carbocycles. The van der Waals surface area contributed by atoms with E-state index in [1.165, 1.54) is 12.7 Å². The smallest absolute Gasteiger partial charge is 0.332 e. The van der Waals surface area contributed by atoms with E-state index in [9.17, 15) is 4.79 Å². The number of methoxy groups -OCH3 is 1. The minimum atomic E-state index is -0.347. The summed E-state index contributed by atoms with van der Waals surface area (Å²) < 4.78 is 19.4. The largest absolute Gasteiger partial charge is 0.466 e. The summed E-state index contributed by atoms with van der Waals surface area (Å²) in [7, 11) is 1.33. The summed E-state index contributed by atoms with van der Waals surface area (Å²) >= 11 is 0. The quantitative estimate of drug-likeness (QED) is 0.455. The second-order valence-electron chi connectivity index (χ2n) is 5.33. The van der Waals surface area contributed by atoms with Gasteiger partial charge in [0.1, 0.15) is 12.2 Å². The molecule has 0 aliphatic carbocycles. The third kappa shape index (κ3) is 10.7. The van der Waals surface area contributed by atoms with Crippen LogP contribution >= 0.6 is 0 Å². The van der Waals surface area contributed by atoms with Gasteiger partial charge in [0.25, 0.3) is 0 Å². The van der Waals surface area contributed by atoms with Gasteiger partial charge in [-0.05, 0) is 12.5 Å². The standard InChI is InChI=1S/C8H8.C6H10O3.C5H8O2/c1-2-8-6-4-3-5-7-8;1(5-3-8-5)7-2-6-4-9-6;1-4(2)5(6)7-3/h2-7H,1H2;5-6H,1-4H2;1H2,2-3H3. The molecule has 5 heteroatoms. The van der Waals surface area contributed by atoms with Crippen LogP contribution in [0.15, 0.2) is 49.1 Å². The summed E-state index contributed by atoms with van der Waals surface area (Å²) in [5.41, 5.74) is 1.61. The van der Waals surface area contributed by atoms with Gasteiger partial charge in [0.05, 0.1) is 33.5 Å². The summed E-state index contributed by atoms with van der Waals surface area (Å²) in [4.78, 5) is 10.2. The molecule has 3 rings (SSSR count). The fourth-order valence-corrected chi connectivity index (χ4v) is 1.42. The Bertz CT molecular complexity index is 492. The van der Waals surface area contributed by atoms with Crippen molar-refractivity contribution in [2.45, 2.75) is 19.1 Å². The van der Waals surface area contributed by atoms with Crippen LogP contribution in [0.2, 0.25) is 0 Å². The Hall–Kier alpha value is -1.95. The van der Waals surface area contributed by atoms with E-state index >= 15 is 0 Å². The van der Waals surface area contributed by atoms with Gasteiger partial charge in [-0.25, -0.2) is 4.79 Å². The molecular formula is C19H26O5. The summed E-state index contributed by atoms with van der Waals surface area (Å²) in [6, 6.07) is 10.0. The van der Waals surface area contributed by atoms with Crippen LogP contribution in [0.1, 0.15) is 12.5 Å². The summed E-state index contributed by atoms with van der Waals surface area (Å²) in [6.07, 6.45) is 2.62. The predicted molar refractivity (Wildman–Crippen MR) is 93.7 cm³/mol. The number of hydrogen-bond donors (Lipinski definition) is 0. The van der Waals surface area contributed by atoms with Crippen molar-refractivity contribution in [1.82, 2.24) is 0 Å². The maximum Gasteiger partial charge on any atom is 0.332 e. The highest BCUT2D eigenvalue weighted by atomic mass is 16.6. The van der Waals surface area contributed by atoms with Gasteiger partial charge in [-0.1, -0.05) is 49.6 Å². The number of epoxide rings is 2. The number of rotatable bonds is 6. The number of carbonyl (C=O) groups is 1. The summed E-state index contributed by atoms with van der Waals surface area (Å²) in [5.74, 6) is -0.347. The van der Waals surface area contributed by atoms with Crippen molar-refractivity contribution in [2.75, 3.05) is 33.5 Å². The SMILES string of the molecule is C(OCC1CO1)C1CO1.C=C(C)C(=O)OC.C=Cc1ccccc1. The summed E-state index contributed by atoms with van der Waals surface area (Å²) in [5, 5.41) is 0. The maximum atomic E-state index is 10.2. The van der Waals surface area contributed by atoms with E-state index in [-0.39, 0.29) is 5.97 Å². The lowest BCUT2D eigenvalue weighted by Crippen LogP contribution is -2.06. The molecule has 0 aromatic heterocycles. The molecule has 2 unspecified atom stereocenters. The van der Waals surface area contributed by atoms with E-state index in [0.29, 0.717) is 17.8 Å². The summed E-state index contributed by atoms with van der Waals surface area (Å²) in [6.45, 7) is 11.8. The molecule has 0 radical (unpaired) electrons. The van der Waals surface area contributed by atoms with E-state index < -0.39 is 0 Å². The molecule has 0 spiro atoms. The van der Waals surface area contributed by atoms with E-state index in [1.807, 2.05) is 36.4 Å². The Balaban J connectivity index is 0.000000182. The van der Waals surface area contributed by atoms with E-state index in [2.05, 4.69) is 17.9 Å². The van der Waals surface area contributed by atoms with Gasteiger partial charge >= 0.3 is 5.97 Å². The second kappa shape index (κ2) is 11.6. The van der Waals surface area contributed by atoms with Crippen molar-refractivity contribution in [3.05, 3.63) is 54.6 Å². The first-order valence-corrected chi connectivity index (χ1v) is 7.79. The highest BCUT2D eigenvalue weighted by Crippen LogP contribution is 2.12. The normalized spacial score (nSPS) is 19.6. The van der Waals surface area contributed by atoms with Crippen molar-refractivity contribution in [2.24, 2.45) is 0 Å². The maximum absolute atomic E-state index is 10.2. The highest BCUT2D eigenvalue weighted by Gasteiger charge is 2.26. The Morgan fingerprint density at radius 1 is 1.21 bits per heavy atom. The van der Waals surface area contributed by atoms with E-state index in [1.54, 1.807) is 6.92 Å². The van der Waals surface area contributed by atoms with Crippen LogP contribution in [0.25, 0.3) is 6.08 Å². The number of carbonyl (C=O) groups excluding carboxylic acids is 1. The van der Waals surface area contributed by atoms with Gasteiger partial charge in [0.2, 0.25) is 0 Å². The number of ether oxygens (including phenoxy) is 4. The molecule has 24 heavy (non-hydrogen) atoms. The molecule has 0 amide bonds. The topological polar surface area (TPSA) is 60.6 Å². The van der Waals surface area contributed by atoms with Crippen LogP contribution in [-0.2, 0) is 23.7 Å². The van der Waals surface area contributed by atoms with Gasteiger partial charge in [-0.15, -0.1) is 0 Å². The minimum Gasteiger partial charge on any atom is -0.466 e. The number of esters is 1. The second-order valence-corrected chi connectivity index (χ2v) is 5.33. The van der Waals surface area contributed by atoms with Crippen molar-refractivity contribution >= 4 is 12.0 Å². The fourth-order valence-electron chi connectivity index (χ4n) is 1.42. The average Bonchev–Trinajstić information content (AvgIpc) is 3.51. The van der Waals surface area contributed by atoms with Gasteiger partial charge in [0.15, 0.2) is 0 Å². The first kappa shape index (κ1) is 20.1. The zero-order valence-corrected chi connectivity index (χ0v) is 14.4. The first-order valence-electron chi connectivity index (χ1n) is 7.79. The molecule has 2 heterocycles. The van der Waals surface area contributed by atoms with Crippen LogP contribution in [0, 0.1) is 0 Å². The van der Waals surface area contributed by atoms with Crippen molar-refractivity contribution < 1.29 is 23.7 Å². The van der Waals surface area contributed by atoms with Gasteiger partial charge < -0.3 is 18.9 Å². The number of benzene rings is 1. The Morgan fingerprint density at radius 2 is 1.71 bits per heavy atom. The molecule has 2 aliphatic rings. The Labute approximate surface area is 143 Å². The molecule has 0 bridgehead atoms. The van der Waals surface area contributed by atoms with Gasteiger partial charge in [-0.3, -0.25) is 0 Å². The first-order chi connectivity index (χ1) is 11.6. The third-order valence-electron chi connectivity index (χ3n) is 2.98. The van der Waals surface area contributed by atoms with E-state index in [4.69, 9.17) is 14.2 Å². The molecule has 5 nitrogen and oxygen atoms in total. The Kier molecular flexibility index (Phi) is 9.68. The van der Waals surface area contributed by atoms with Crippen LogP contribution in [0.4, 0.5) is 0 Å². The lowest BCUT2D eigenvalue weighted by Gasteiger charge is -1.95. The molecular weight excluding hydrogens is 308 g/mol. The van der Waals surface area contributed by atoms with Crippen molar-refractivity contribution in [1.29, 1.82) is 0 Å². The zero-order chi connectivity index (χ0) is 17.8. The average molecular weight is 334 g/mol. The monoisotopic (exact) mass is 334 g/mol. The molecule has 2 aliphatic heterocycles. The third-order valence-corrected chi connectivity index (χ3v) is 2.98. The lowest BCUT2D eigenvalue weighted by atomic mass is 10.2. The van der Waals surface area contributed by atoms with Crippen LogP contribution in [0.3, 0.4) is 0 Å². The van der Waals surface area contributed by atoms with Crippen LogP contribution in [0.5, 0.6) is 0 Å². The van der Waals surface area contributed by atoms with Gasteiger partial charge in [0, 0.05) is 5.57 Å². The molecule has 2 fully saturated rings. The molecule has 2 atom stereocenters. The van der Waals surface area contributed by atoms with Gasteiger partial charge in [-0.2, -0.15) is 0 Å². The van der Waals surface area contributed by atoms with Crippen LogP contribution < -0.4 is 0 Å². The van der Waals surface area contributed by atoms with Crippen LogP contribution in [-0.4, -0.2) is 51.7 Å². The molecule has 0 N–H and O–H groups in total. The number of hydrogen-bond acceptors (Lipinski definition) is 5. The van der Waals surface area contributed by atoms with Crippen molar-refractivity contribution in [3.63, 3.8) is 0 Å². The zero-order valence-electron chi connectivity index (χ0n) is 14.4. The molecule has 132 valence electrons. The molecule has 1 aromatic carbocycles. The minimum absolute atomic E-state index is 0.347. The van der Waals surface area contributed by atoms with E-state index in [0.717, 1.165) is 26.4 Å². The molecule has 1 aromatic rings. The molecule has 2 saturated heterocycles. The predicted octanol–water partition coefficient (Wildman–Crippen LogP) is 2.87. The Morgan fingerprint density at radius 3 is 1.96 bits per heavy atom. The lowest BCUT2D eigenvalue weighted by molar-refractivity contribution is -0.136. The van der Waals surface area contributed by atoms with Crippen molar-refractivity contribution in [3.8, 4) is 0 Å².